The largest absolute Gasteiger partial charge is 0.383 e. The average Bonchev–Trinajstić information content (AvgIpc) is 3.32. The van der Waals surface area contributed by atoms with Gasteiger partial charge in [-0.1, -0.05) is 29.8 Å². The van der Waals surface area contributed by atoms with Crippen molar-refractivity contribution in [2.45, 2.75) is 19.5 Å². The van der Waals surface area contributed by atoms with Gasteiger partial charge in [0.1, 0.15) is 6.04 Å². The number of ether oxygens (including phenoxy) is 1. The number of nitrogens with zero attached hydrogens (tertiary/aromatic N) is 6. The van der Waals surface area contributed by atoms with Crippen molar-refractivity contribution in [3.8, 4) is 0 Å². The number of aryl methyl sites for hydroxylation is 1. The van der Waals surface area contributed by atoms with Gasteiger partial charge in [0.2, 0.25) is 0 Å². The van der Waals surface area contributed by atoms with Crippen LogP contribution in [-0.2, 0) is 11.3 Å². The van der Waals surface area contributed by atoms with Gasteiger partial charge in [0, 0.05) is 50.1 Å². The van der Waals surface area contributed by atoms with Gasteiger partial charge in [-0.3, -0.25) is 9.69 Å². The van der Waals surface area contributed by atoms with Gasteiger partial charge in [0.05, 0.1) is 13.2 Å². The van der Waals surface area contributed by atoms with Crippen molar-refractivity contribution in [2.24, 2.45) is 0 Å². The first kappa shape index (κ1) is 22.2. The summed E-state index contributed by atoms with van der Waals surface area (Å²) in [7, 11) is 1.65. The van der Waals surface area contributed by atoms with E-state index in [2.05, 4.69) is 67.6 Å². The number of hydrogen-bond acceptors (Lipinski definition) is 7. The lowest BCUT2D eigenvalue weighted by molar-refractivity contribution is 0.171. The van der Waals surface area contributed by atoms with Crippen molar-refractivity contribution >= 4 is 16.6 Å². The first-order valence-corrected chi connectivity index (χ1v) is 11.6. The Bertz CT molecular complexity index is 1310. The van der Waals surface area contributed by atoms with Crippen LogP contribution in [0.2, 0.25) is 0 Å². The minimum atomic E-state index is -0.363. The van der Waals surface area contributed by atoms with Crippen LogP contribution in [0, 0.1) is 6.92 Å². The Morgan fingerprint density at radius 3 is 2.62 bits per heavy atom. The van der Waals surface area contributed by atoms with E-state index in [1.54, 1.807) is 11.8 Å². The quantitative estimate of drug-likeness (QED) is 0.454. The molecule has 0 radical (unpaired) electrons. The molecule has 9 heteroatoms. The van der Waals surface area contributed by atoms with Crippen LogP contribution < -0.4 is 10.5 Å². The highest BCUT2D eigenvalue weighted by molar-refractivity contribution is 5.79. The van der Waals surface area contributed by atoms with Crippen LogP contribution in [0.25, 0.3) is 10.9 Å². The summed E-state index contributed by atoms with van der Waals surface area (Å²) in [5.41, 5.74) is 3.71. The third kappa shape index (κ3) is 4.44. The fraction of sp³-hybridized carbons (Fsp3) is 0.360. The molecule has 1 atom stereocenters. The van der Waals surface area contributed by atoms with Crippen LogP contribution in [0.1, 0.15) is 23.0 Å². The first-order valence-electron chi connectivity index (χ1n) is 11.6. The fourth-order valence-corrected chi connectivity index (χ4v) is 4.67. The molecule has 0 spiro atoms. The van der Waals surface area contributed by atoms with Gasteiger partial charge in [-0.2, -0.15) is 0 Å². The Morgan fingerprint density at radius 2 is 1.85 bits per heavy atom. The number of aromatic amines is 1. The maximum atomic E-state index is 13.3. The second-order valence-electron chi connectivity index (χ2n) is 8.66. The second-order valence-corrected chi connectivity index (χ2v) is 8.66. The Hall–Kier alpha value is -3.56. The number of tetrazole rings is 1. The summed E-state index contributed by atoms with van der Waals surface area (Å²) in [5.74, 6) is 0.655. The second kappa shape index (κ2) is 9.74. The molecule has 4 aromatic rings. The molecule has 176 valence electrons. The van der Waals surface area contributed by atoms with Crippen LogP contribution >= 0.6 is 0 Å². The molecule has 34 heavy (non-hydrogen) atoms. The van der Waals surface area contributed by atoms with Gasteiger partial charge in [0.25, 0.3) is 5.56 Å². The van der Waals surface area contributed by atoms with Gasteiger partial charge in [-0.05, 0) is 53.1 Å². The molecule has 0 amide bonds. The zero-order valence-corrected chi connectivity index (χ0v) is 19.5. The molecule has 2 aromatic carbocycles. The molecule has 5 rings (SSSR count). The van der Waals surface area contributed by atoms with Crippen LogP contribution in [0.5, 0.6) is 0 Å². The van der Waals surface area contributed by atoms with E-state index in [4.69, 9.17) is 4.74 Å². The number of anilines is 1. The lowest BCUT2D eigenvalue weighted by atomic mass is 10.0. The number of pyridine rings is 1. The van der Waals surface area contributed by atoms with Gasteiger partial charge in [-0.25, -0.2) is 4.68 Å². The van der Waals surface area contributed by atoms with Gasteiger partial charge < -0.3 is 14.6 Å². The van der Waals surface area contributed by atoms with Crippen molar-refractivity contribution in [1.82, 2.24) is 30.1 Å². The van der Waals surface area contributed by atoms with E-state index in [1.165, 1.54) is 5.69 Å². The first-order chi connectivity index (χ1) is 16.6. The molecule has 9 nitrogen and oxygen atoms in total. The number of nitrogens with one attached hydrogen (secondary N) is 1. The van der Waals surface area contributed by atoms with Crippen LogP contribution in [0.15, 0.2) is 59.4 Å². The molecule has 1 N–H and O–H groups in total. The Balaban J connectivity index is 1.53. The lowest BCUT2D eigenvalue weighted by Crippen LogP contribution is -2.49. The molecule has 0 saturated carbocycles. The molecular formula is C25H29N7O2. The normalized spacial score (nSPS) is 15.6. The van der Waals surface area contributed by atoms with E-state index in [0.717, 1.165) is 42.6 Å². The minimum Gasteiger partial charge on any atom is -0.383 e. The summed E-state index contributed by atoms with van der Waals surface area (Å²) in [6.45, 7) is 6.32. The maximum absolute atomic E-state index is 13.3. The van der Waals surface area contributed by atoms with Crippen molar-refractivity contribution in [1.29, 1.82) is 0 Å². The van der Waals surface area contributed by atoms with Crippen molar-refractivity contribution in [2.75, 3.05) is 44.8 Å². The molecule has 2 aromatic heterocycles. The van der Waals surface area contributed by atoms with Crippen LogP contribution in [0.4, 0.5) is 5.69 Å². The van der Waals surface area contributed by atoms with E-state index >= 15 is 0 Å². The Morgan fingerprint density at radius 1 is 1.06 bits per heavy atom. The van der Waals surface area contributed by atoms with Crippen molar-refractivity contribution in [3.63, 3.8) is 0 Å². The monoisotopic (exact) mass is 459 g/mol. The topological polar surface area (TPSA) is 92.2 Å². The summed E-state index contributed by atoms with van der Waals surface area (Å²) >= 11 is 0. The average molecular weight is 460 g/mol. The lowest BCUT2D eigenvalue weighted by Gasteiger charge is -2.39. The van der Waals surface area contributed by atoms with Gasteiger partial charge in [-0.15, -0.1) is 5.10 Å². The van der Waals surface area contributed by atoms with Gasteiger partial charge >= 0.3 is 0 Å². The number of aromatic nitrogens is 5. The predicted molar refractivity (Wildman–Crippen MR) is 131 cm³/mol. The summed E-state index contributed by atoms with van der Waals surface area (Å²) < 4.78 is 7.00. The number of fused-ring (bicyclic) bond motifs is 1. The summed E-state index contributed by atoms with van der Waals surface area (Å²) in [6, 6.07) is 18.1. The summed E-state index contributed by atoms with van der Waals surface area (Å²) in [5, 5.41) is 13.5. The molecule has 0 bridgehead atoms. The molecule has 1 aliphatic heterocycles. The molecular weight excluding hydrogens is 430 g/mol. The highest BCUT2D eigenvalue weighted by atomic mass is 16.5. The number of H-pyrrole nitrogens is 1. The molecule has 3 heterocycles. The molecule has 1 unspecified atom stereocenters. The smallest absolute Gasteiger partial charge is 0.253 e. The van der Waals surface area contributed by atoms with E-state index in [0.29, 0.717) is 24.5 Å². The highest BCUT2D eigenvalue weighted by Gasteiger charge is 2.32. The zero-order chi connectivity index (χ0) is 23.5. The number of piperazine rings is 1. The standard InChI is InChI=1S/C25H29N7O2/c1-18-8-9-22-19(16-18)17-21(25(33)26-22)23(24-27-28-29-32(24)14-15-34-2)31-12-10-30(11-13-31)20-6-4-3-5-7-20/h3-9,16-17,23H,10-15H2,1-2H3,(H,26,33). The molecule has 1 saturated heterocycles. The maximum Gasteiger partial charge on any atom is 0.253 e. The van der Waals surface area contributed by atoms with E-state index < -0.39 is 0 Å². The SMILES string of the molecule is COCCn1nnnc1C(c1cc2cc(C)ccc2[nH]c1=O)N1CCN(c2ccccc2)CC1. The number of methoxy groups -OCH3 is 1. The number of hydrogen-bond donors (Lipinski definition) is 1. The minimum absolute atomic E-state index is 0.117. The highest BCUT2D eigenvalue weighted by Crippen LogP contribution is 2.29. The van der Waals surface area contributed by atoms with Gasteiger partial charge in [0.15, 0.2) is 5.82 Å². The van der Waals surface area contributed by atoms with Crippen molar-refractivity contribution < 1.29 is 4.74 Å². The zero-order valence-electron chi connectivity index (χ0n) is 19.5. The number of rotatable bonds is 7. The summed E-state index contributed by atoms with van der Waals surface area (Å²) in [6.07, 6.45) is 0. The summed E-state index contributed by atoms with van der Waals surface area (Å²) in [4.78, 5) is 21.1. The van der Waals surface area contributed by atoms with E-state index in [1.807, 2.05) is 24.3 Å². The predicted octanol–water partition coefficient (Wildman–Crippen LogP) is 2.38. The van der Waals surface area contributed by atoms with E-state index in [-0.39, 0.29) is 11.6 Å². The van der Waals surface area contributed by atoms with Crippen molar-refractivity contribution in [3.05, 3.63) is 81.9 Å². The van der Waals surface area contributed by atoms with Crippen LogP contribution in [-0.4, -0.2) is 70.0 Å². The molecule has 0 aliphatic carbocycles. The third-order valence-corrected chi connectivity index (χ3v) is 6.44. The Kier molecular flexibility index (Phi) is 6.37. The number of benzene rings is 2. The fourth-order valence-electron chi connectivity index (χ4n) is 4.67. The van der Waals surface area contributed by atoms with Crippen LogP contribution in [0.3, 0.4) is 0 Å². The Labute approximate surface area is 198 Å². The van der Waals surface area contributed by atoms with E-state index in [9.17, 15) is 4.79 Å². The molecule has 1 aliphatic rings. The number of para-hydroxylation sites is 1. The third-order valence-electron chi connectivity index (χ3n) is 6.44. The molecule has 1 fully saturated rings.